The van der Waals surface area contributed by atoms with Crippen LogP contribution in [-0.2, 0) is 9.53 Å². The van der Waals surface area contributed by atoms with Crippen molar-refractivity contribution < 1.29 is 14.3 Å². The molecule has 0 aliphatic carbocycles. The lowest BCUT2D eigenvalue weighted by atomic mass is 10.1. The molecule has 2 heterocycles. The number of nitrogens with zero attached hydrogens (tertiary/aromatic N) is 4. The van der Waals surface area contributed by atoms with E-state index in [1.807, 2.05) is 38.1 Å². The Balaban J connectivity index is 1.73. The van der Waals surface area contributed by atoms with E-state index in [-0.39, 0.29) is 5.69 Å². The van der Waals surface area contributed by atoms with E-state index in [9.17, 15) is 9.59 Å². The van der Waals surface area contributed by atoms with Gasteiger partial charge in [0.05, 0.1) is 16.9 Å². The van der Waals surface area contributed by atoms with Crippen LogP contribution in [0.3, 0.4) is 0 Å². The van der Waals surface area contributed by atoms with Gasteiger partial charge in [0, 0.05) is 0 Å². The molecule has 2 aromatic heterocycles. The van der Waals surface area contributed by atoms with Crippen molar-refractivity contribution in [1.29, 1.82) is 5.26 Å². The van der Waals surface area contributed by atoms with E-state index in [1.54, 1.807) is 18.4 Å². The molecule has 8 nitrogen and oxygen atoms in total. The fraction of sp³-hybridized carbons (Fsp3) is 0.250. The van der Waals surface area contributed by atoms with Gasteiger partial charge in [0.15, 0.2) is 11.8 Å². The Morgan fingerprint density at radius 2 is 2.00 bits per heavy atom. The number of esters is 1. The minimum atomic E-state index is -1.07. The Labute approximate surface area is 171 Å². The summed E-state index contributed by atoms with van der Waals surface area (Å²) in [7, 11) is 0. The lowest BCUT2D eigenvalue weighted by Crippen LogP contribution is -2.30. The second kappa shape index (κ2) is 8.24. The van der Waals surface area contributed by atoms with Crippen molar-refractivity contribution in [2.75, 3.05) is 5.32 Å². The summed E-state index contributed by atoms with van der Waals surface area (Å²) in [6.45, 7) is 7.03. The highest BCUT2D eigenvalue weighted by Gasteiger charge is 2.24. The number of hydrogen-bond donors (Lipinski definition) is 1. The van der Waals surface area contributed by atoms with E-state index < -0.39 is 18.0 Å². The van der Waals surface area contributed by atoms with Crippen molar-refractivity contribution in [3.05, 3.63) is 57.7 Å². The Morgan fingerprint density at radius 1 is 1.24 bits per heavy atom. The SMILES string of the molecule is Cc1ccc(-n2nc(C)c(C(=O)O[C@H](C)C(=O)Nc3sccc3C#N)n2)c(C)c1. The summed E-state index contributed by atoms with van der Waals surface area (Å²) in [4.78, 5) is 26.2. The number of hydrogen-bond acceptors (Lipinski definition) is 7. The smallest absolute Gasteiger partial charge is 0.361 e. The minimum absolute atomic E-state index is 0.0402. The van der Waals surface area contributed by atoms with Crippen LogP contribution in [-0.4, -0.2) is 33.0 Å². The molecule has 3 rings (SSSR count). The maximum absolute atomic E-state index is 12.5. The molecule has 0 unspecified atom stereocenters. The first-order chi connectivity index (χ1) is 13.8. The van der Waals surface area contributed by atoms with Gasteiger partial charge in [-0.05, 0) is 50.8 Å². The molecule has 1 amide bonds. The van der Waals surface area contributed by atoms with Gasteiger partial charge in [-0.3, -0.25) is 4.79 Å². The van der Waals surface area contributed by atoms with E-state index in [4.69, 9.17) is 10.00 Å². The molecule has 0 bridgehead atoms. The summed E-state index contributed by atoms with van der Waals surface area (Å²) in [6, 6.07) is 9.40. The number of anilines is 1. The summed E-state index contributed by atoms with van der Waals surface area (Å²) in [5.74, 6) is -1.27. The second-order valence-corrected chi connectivity index (χ2v) is 7.44. The number of nitriles is 1. The number of ether oxygens (including phenoxy) is 1. The van der Waals surface area contributed by atoms with Gasteiger partial charge in [-0.2, -0.15) is 15.2 Å². The molecule has 9 heteroatoms. The molecule has 1 atom stereocenters. The van der Waals surface area contributed by atoms with Crippen molar-refractivity contribution in [2.45, 2.75) is 33.8 Å². The number of amides is 1. The van der Waals surface area contributed by atoms with Gasteiger partial charge in [-0.1, -0.05) is 17.7 Å². The van der Waals surface area contributed by atoms with Gasteiger partial charge in [0.25, 0.3) is 5.91 Å². The maximum Gasteiger partial charge on any atom is 0.361 e. The third kappa shape index (κ3) is 4.33. The first-order valence-electron chi connectivity index (χ1n) is 8.81. The van der Waals surface area contributed by atoms with Gasteiger partial charge in [-0.25, -0.2) is 4.79 Å². The van der Waals surface area contributed by atoms with Crippen LogP contribution >= 0.6 is 11.3 Å². The Morgan fingerprint density at radius 3 is 2.69 bits per heavy atom. The molecule has 29 heavy (non-hydrogen) atoms. The van der Waals surface area contributed by atoms with E-state index >= 15 is 0 Å². The Bertz CT molecular complexity index is 1130. The van der Waals surface area contributed by atoms with E-state index in [2.05, 4.69) is 15.5 Å². The predicted molar refractivity (Wildman–Crippen MR) is 108 cm³/mol. The fourth-order valence-corrected chi connectivity index (χ4v) is 3.42. The van der Waals surface area contributed by atoms with Crippen LogP contribution in [0.2, 0.25) is 0 Å². The number of carbonyl (C=O) groups is 2. The van der Waals surface area contributed by atoms with E-state index in [0.717, 1.165) is 16.8 Å². The van der Waals surface area contributed by atoms with E-state index in [0.29, 0.717) is 16.3 Å². The van der Waals surface area contributed by atoms with Crippen molar-refractivity contribution in [3.63, 3.8) is 0 Å². The zero-order valence-electron chi connectivity index (χ0n) is 16.4. The van der Waals surface area contributed by atoms with Crippen LogP contribution in [0.1, 0.15) is 39.8 Å². The first-order valence-corrected chi connectivity index (χ1v) is 9.69. The molecule has 1 N–H and O–H groups in total. The molecular weight excluding hydrogens is 390 g/mol. The van der Waals surface area contributed by atoms with Crippen LogP contribution < -0.4 is 5.32 Å². The lowest BCUT2D eigenvalue weighted by molar-refractivity contribution is -0.123. The topological polar surface area (TPSA) is 110 Å². The highest BCUT2D eigenvalue weighted by Crippen LogP contribution is 2.22. The average molecular weight is 409 g/mol. The number of carbonyl (C=O) groups excluding carboxylic acids is 2. The van der Waals surface area contributed by atoms with Crippen molar-refractivity contribution in [2.24, 2.45) is 0 Å². The quantitative estimate of drug-likeness (QED) is 0.648. The predicted octanol–water partition coefficient (Wildman–Crippen LogP) is 3.31. The summed E-state index contributed by atoms with van der Waals surface area (Å²) in [5, 5.41) is 22.3. The lowest BCUT2D eigenvalue weighted by Gasteiger charge is -2.12. The van der Waals surface area contributed by atoms with Crippen molar-refractivity contribution in [1.82, 2.24) is 15.0 Å². The van der Waals surface area contributed by atoms with E-state index in [1.165, 1.54) is 23.1 Å². The van der Waals surface area contributed by atoms with Gasteiger partial charge in [0.1, 0.15) is 11.1 Å². The highest BCUT2D eigenvalue weighted by molar-refractivity contribution is 7.14. The molecule has 0 saturated carbocycles. The fourth-order valence-electron chi connectivity index (χ4n) is 2.68. The number of aromatic nitrogens is 3. The number of rotatable bonds is 5. The summed E-state index contributed by atoms with van der Waals surface area (Å²) in [6.07, 6.45) is -1.07. The second-order valence-electron chi connectivity index (χ2n) is 6.53. The minimum Gasteiger partial charge on any atom is -0.448 e. The standard InChI is InChI=1S/C20H19N5O3S/c1-11-5-6-16(12(2)9-11)25-23-13(3)17(24-25)20(27)28-14(4)18(26)22-19-15(10-21)7-8-29-19/h5-9,14H,1-4H3,(H,22,26)/t14-/m1/s1. The molecule has 148 valence electrons. The molecule has 0 saturated heterocycles. The third-order valence-corrected chi connectivity index (χ3v) is 5.05. The average Bonchev–Trinajstić information content (AvgIpc) is 3.27. The first kappa shape index (κ1) is 20.2. The number of benzene rings is 1. The van der Waals surface area contributed by atoms with Crippen LogP contribution in [0.5, 0.6) is 0 Å². The Kier molecular flexibility index (Phi) is 5.75. The molecule has 0 aliphatic heterocycles. The largest absolute Gasteiger partial charge is 0.448 e. The zero-order valence-corrected chi connectivity index (χ0v) is 17.2. The molecule has 3 aromatic rings. The Hall–Kier alpha value is -3.51. The van der Waals surface area contributed by atoms with Crippen LogP contribution in [0, 0.1) is 32.1 Å². The summed E-state index contributed by atoms with van der Waals surface area (Å²) in [5.41, 5.74) is 3.63. The van der Waals surface area contributed by atoms with Crippen LogP contribution in [0.15, 0.2) is 29.6 Å². The van der Waals surface area contributed by atoms with Gasteiger partial charge in [-0.15, -0.1) is 16.4 Å². The molecule has 0 fully saturated rings. The van der Waals surface area contributed by atoms with Gasteiger partial charge < -0.3 is 10.1 Å². The maximum atomic E-state index is 12.5. The van der Waals surface area contributed by atoms with Crippen LogP contribution in [0.25, 0.3) is 5.69 Å². The molecule has 0 aliphatic rings. The van der Waals surface area contributed by atoms with Crippen LogP contribution in [0.4, 0.5) is 5.00 Å². The summed E-state index contributed by atoms with van der Waals surface area (Å²) >= 11 is 1.22. The highest BCUT2D eigenvalue weighted by atomic mass is 32.1. The molecule has 1 aromatic carbocycles. The number of thiophene rings is 1. The number of aryl methyl sites for hydroxylation is 3. The van der Waals surface area contributed by atoms with Crippen molar-refractivity contribution in [3.8, 4) is 11.8 Å². The summed E-state index contributed by atoms with van der Waals surface area (Å²) < 4.78 is 5.25. The molecular formula is C20H19N5O3S. The monoisotopic (exact) mass is 409 g/mol. The normalized spacial score (nSPS) is 11.6. The van der Waals surface area contributed by atoms with Gasteiger partial charge in [0.2, 0.25) is 0 Å². The third-order valence-electron chi connectivity index (χ3n) is 4.22. The van der Waals surface area contributed by atoms with Gasteiger partial charge >= 0.3 is 5.97 Å². The molecule has 0 radical (unpaired) electrons. The molecule has 0 spiro atoms. The van der Waals surface area contributed by atoms with Crippen molar-refractivity contribution >= 4 is 28.2 Å². The zero-order chi connectivity index (χ0) is 21.1. The number of nitrogens with one attached hydrogen (secondary N) is 1.